The molecule has 0 radical (unpaired) electrons. The Hall–Kier alpha value is -2.60. The number of carbonyl (C=O) groups is 1. The van der Waals surface area contributed by atoms with Crippen molar-refractivity contribution < 1.29 is 13.6 Å². The first kappa shape index (κ1) is 17.8. The molecule has 3 heterocycles. The van der Waals surface area contributed by atoms with Crippen molar-refractivity contribution in [1.29, 1.82) is 0 Å². The van der Waals surface area contributed by atoms with E-state index in [-0.39, 0.29) is 17.8 Å². The summed E-state index contributed by atoms with van der Waals surface area (Å²) < 4.78 is 18.5. The van der Waals surface area contributed by atoms with Gasteiger partial charge in [0.25, 0.3) is 5.91 Å². The number of furan rings is 1. The SMILES string of the molecule is CC(Cc1c[nH]c2ccc(F)cc12)NC1CCN(C(=O)c2ccoc2)CC1. The minimum absolute atomic E-state index is 0.0380. The van der Waals surface area contributed by atoms with Gasteiger partial charge in [-0.1, -0.05) is 0 Å². The quantitative estimate of drug-likeness (QED) is 0.720. The van der Waals surface area contributed by atoms with Gasteiger partial charge < -0.3 is 19.6 Å². The van der Waals surface area contributed by atoms with E-state index in [1.165, 1.54) is 18.6 Å². The first-order valence-electron chi connectivity index (χ1n) is 9.43. The number of rotatable bonds is 5. The molecule has 2 N–H and O–H groups in total. The number of benzene rings is 1. The highest BCUT2D eigenvalue weighted by Gasteiger charge is 2.25. The van der Waals surface area contributed by atoms with Gasteiger partial charge in [0.1, 0.15) is 12.1 Å². The molecule has 1 aromatic carbocycles. The maximum Gasteiger partial charge on any atom is 0.257 e. The number of nitrogens with zero attached hydrogens (tertiary/aromatic N) is 1. The third-order valence-electron chi connectivity index (χ3n) is 5.33. The van der Waals surface area contributed by atoms with E-state index < -0.39 is 0 Å². The number of aromatic nitrogens is 1. The first-order chi connectivity index (χ1) is 13.1. The number of likely N-dealkylation sites (tertiary alicyclic amines) is 1. The third-order valence-corrected chi connectivity index (χ3v) is 5.33. The topological polar surface area (TPSA) is 61.3 Å². The molecule has 1 atom stereocenters. The summed E-state index contributed by atoms with van der Waals surface area (Å²) in [4.78, 5) is 17.5. The van der Waals surface area contributed by atoms with Crippen LogP contribution in [0, 0.1) is 5.82 Å². The Bertz CT molecular complexity index is 911. The molecule has 4 rings (SSSR count). The van der Waals surface area contributed by atoms with Crippen LogP contribution < -0.4 is 5.32 Å². The van der Waals surface area contributed by atoms with Crippen molar-refractivity contribution in [2.24, 2.45) is 0 Å². The van der Waals surface area contributed by atoms with Crippen LogP contribution >= 0.6 is 0 Å². The number of fused-ring (bicyclic) bond motifs is 1. The van der Waals surface area contributed by atoms with E-state index in [0.29, 0.717) is 11.6 Å². The van der Waals surface area contributed by atoms with Crippen LogP contribution in [0.2, 0.25) is 0 Å². The number of amides is 1. The minimum Gasteiger partial charge on any atom is -0.472 e. The van der Waals surface area contributed by atoms with Crippen LogP contribution in [0.5, 0.6) is 0 Å². The second-order valence-electron chi connectivity index (χ2n) is 7.35. The molecule has 1 unspecified atom stereocenters. The molecule has 27 heavy (non-hydrogen) atoms. The van der Waals surface area contributed by atoms with E-state index in [2.05, 4.69) is 17.2 Å². The van der Waals surface area contributed by atoms with Crippen molar-refractivity contribution in [2.45, 2.75) is 38.3 Å². The van der Waals surface area contributed by atoms with Crippen molar-refractivity contribution in [3.05, 3.63) is 59.9 Å². The van der Waals surface area contributed by atoms with Gasteiger partial charge in [0.2, 0.25) is 0 Å². The van der Waals surface area contributed by atoms with Crippen molar-refractivity contribution in [2.75, 3.05) is 13.1 Å². The van der Waals surface area contributed by atoms with Crippen LogP contribution in [-0.4, -0.2) is 41.0 Å². The zero-order valence-electron chi connectivity index (χ0n) is 15.4. The highest BCUT2D eigenvalue weighted by Crippen LogP contribution is 2.21. The molecular formula is C21H24FN3O2. The van der Waals surface area contributed by atoms with Gasteiger partial charge in [-0.15, -0.1) is 0 Å². The summed E-state index contributed by atoms with van der Waals surface area (Å²) in [7, 11) is 0. The molecular weight excluding hydrogens is 345 g/mol. The molecule has 1 fully saturated rings. The predicted octanol–water partition coefficient (Wildman–Crippen LogP) is 3.73. The lowest BCUT2D eigenvalue weighted by molar-refractivity contribution is 0.0701. The Morgan fingerprint density at radius 2 is 2.19 bits per heavy atom. The summed E-state index contributed by atoms with van der Waals surface area (Å²) >= 11 is 0. The average Bonchev–Trinajstić information content (AvgIpc) is 3.32. The van der Waals surface area contributed by atoms with Crippen molar-refractivity contribution in [1.82, 2.24) is 15.2 Å². The molecule has 1 amide bonds. The largest absolute Gasteiger partial charge is 0.472 e. The van der Waals surface area contributed by atoms with Crippen LogP contribution in [0.1, 0.15) is 35.7 Å². The van der Waals surface area contributed by atoms with Crippen LogP contribution in [0.15, 0.2) is 47.4 Å². The number of halogens is 1. The summed E-state index contributed by atoms with van der Waals surface area (Å²) in [6.07, 6.45) is 7.68. The molecule has 0 spiro atoms. The number of H-pyrrole nitrogens is 1. The van der Waals surface area contributed by atoms with E-state index in [1.54, 1.807) is 18.2 Å². The lowest BCUT2D eigenvalue weighted by atomic mass is 10.0. The Morgan fingerprint density at radius 1 is 1.37 bits per heavy atom. The monoisotopic (exact) mass is 369 g/mol. The van der Waals surface area contributed by atoms with E-state index in [0.717, 1.165) is 48.8 Å². The molecule has 0 aliphatic carbocycles. The van der Waals surface area contributed by atoms with Gasteiger partial charge in [-0.25, -0.2) is 4.39 Å². The molecule has 1 aliphatic rings. The Balaban J connectivity index is 1.31. The summed E-state index contributed by atoms with van der Waals surface area (Å²) in [5.41, 5.74) is 2.70. The van der Waals surface area contributed by atoms with Crippen molar-refractivity contribution in [3.63, 3.8) is 0 Å². The van der Waals surface area contributed by atoms with Gasteiger partial charge in [-0.3, -0.25) is 4.79 Å². The highest BCUT2D eigenvalue weighted by atomic mass is 19.1. The lowest BCUT2D eigenvalue weighted by Gasteiger charge is -2.33. The summed E-state index contributed by atoms with van der Waals surface area (Å²) in [5, 5.41) is 4.61. The first-order valence-corrected chi connectivity index (χ1v) is 9.43. The van der Waals surface area contributed by atoms with Gasteiger partial charge in [0, 0.05) is 42.3 Å². The number of nitrogens with one attached hydrogen (secondary N) is 2. The second-order valence-corrected chi connectivity index (χ2v) is 7.35. The fraction of sp³-hybridized carbons (Fsp3) is 0.381. The maximum absolute atomic E-state index is 13.5. The van der Waals surface area contributed by atoms with Crippen molar-refractivity contribution in [3.8, 4) is 0 Å². The van der Waals surface area contributed by atoms with Gasteiger partial charge in [-0.2, -0.15) is 0 Å². The number of aromatic amines is 1. The molecule has 2 aromatic heterocycles. The Labute approximate surface area is 157 Å². The average molecular weight is 369 g/mol. The molecule has 0 bridgehead atoms. The van der Waals surface area contributed by atoms with E-state index in [9.17, 15) is 9.18 Å². The van der Waals surface area contributed by atoms with Gasteiger partial charge >= 0.3 is 0 Å². The van der Waals surface area contributed by atoms with Crippen LogP contribution in [0.4, 0.5) is 4.39 Å². The number of carbonyl (C=O) groups excluding carboxylic acids is 1. The van der Waals surface area contributed by atoms with E-state index in [4.69, 9.17) is 4.42 Å². The Morgan fingerprint density at radius 3 is 2.93 bits per heavy atom. The number of hydrogen-bond acceptors (Lipinski definition) is 3. The maximum atomic E-state index is 13.5. The molecule has 1 saturated heterocycles. The molecule has 6 heteroatoms. The molecule has 5 nitrogen and oxygen atoms in total. The molecule has 3 aromatic rings. The van der Waals surface area contributed by atoms with Gasteiger partial charge in [-0.05, 0) is 56.0 Å². The zero-order chi connectivity index (χ0) is 18.8. The second kappa shape index (κ2) is 7.56. The summed E-state index contributed by atoms with van der Waals surface area (Å²) in [5.74, 6) is -0.172. The van der Waals surface area contributed by atoms with Gasteiger partial charge in [0.15, 0.2) is 0 Å². The highest BCUT2D eigenvalue weighted by molar-refractivity contribution is 5.93. The number of piperidine rings is 1. The summed E-state index contributed by atoms with van der Waals surface area (Å²) in [6, 6.07) is 7.21. The normalized spacial score (nSPS) is 16.7. The predicted molar refractivity (Wildman–Crippen MR) is 102 cm³/mol. The Kier molecular flexibility index (Phi) is 4.99. The van der Waals surface area contributed by atoms with E-state index >= 15 is 0 Å². The lowest BCUT2D eigenvalue weighted by Crippen LogP contribution is -2.47. The zero-order valence-corrected chi connectivity index (χ0v) is 15.4. The fourth-order valence-electron chi connectivity index (χ4n) is 3.93. The summed E-state index contributed by atoms with van der Waals surface area (Å²) in [6.45, 7) is 3.64. The molecule has 142 valence electrons. The van der Waals surface area contributed by atoms with Crippen LogP contribution in [0.25, 0.3) is 10.9 Å². The smallest absolute Gasteiger partial charge is 0.257 e. The fourth-order valence-corrected chi connectivity index (χ4v) is 3.93. The minimum atomic E-state index is -0.210. The van der Waals surface area contributed by atoms with Crippen LogP contribution in [-0.2, 0) is 6.42 Å². The van der Waals surface area contributed by atoms with Crippen molar-refractivity contribution >= 4 is 16.8 Å². The molecule has 1 aliphatic heterocycles. The third kappa shape index (κ3) is 3.90. The standard InChI is InChI=1S/C21H24FN3O2/c1-14(10-16-12-23-20-3-2-17(22)11-19(16)20)24-18-4-7-25(8-5-18)21(26)15-6-9-27-13-15/h2-3,6,9,11-14,18,23-24H,4-5,7-8,10H2,1H3. The number of hydrogen-bond donors (Lipinski definition) is 2. The van der Waals surface area contributed by atoms with Crippen LogP contribution in [0.3, 0.4) is 0 Å². The van der Waals surface area contributed by atoms with Gasteiger partial charge in [0.05, 0.1) is 11.8 Å². The molecule has 0 saturated carbocycles. The van der Waals surface area contributed by atoms with E-state index in [1.807, 2.05) is 11.1 Å².